The second kappa shape index (κ2) is 13.8. The summed E-state index contributed by atoms with van der Waals surface area (Å²) in [5.74, 6) is -0.167. The first-order valence-corrected chi connectivity index (χ1v) is 8.26. The van der Waals surface area contributed by atoms with E-state index in [4.69, 9.17) is 0 Å². The van der Waals surface area contributed by atoms with Crippen LogP contribution in [0.15, 0.2) is 110 Å². The third-order valence-corrected chi connectivity index (χ3v) is 3.10. The van der Waals surface area contributed by atoms with Crippen LogP contribution >= 0.6 is 0 Å². The van der Waals surface area contributed by atoms with Gasteiger partial charge in [0.05, 0.1) is 0 Å². The Kier molecular flexibility index (Phi) is 12.6. The minimum Gasteiger partial charge on any atom is -0.876 e. The van der Waals surface area contributed by atoms with Crippen molar-refractivity contribution >= 4 is 21.5 Å². The molecule has 0 saturated heterocycles. The summed E-state index contributed by atoms with van der Waals surface area (Å²) < 4.78 is 0. The van der Waals surface area contributed by atoms with E-state index < -0.39 is 0 Å². The molecule has 0 radical (unpaired) electrons. The summed E-state index contributed by atoms with van der Waals surface area (Å²) in [6.45, 7) is 8.83. The molecule has 0 heterocycles. The summed E-state index contributed by atoms with van der Waals surface area (Å²) in [5.41, 5.74) is 0. The molecule has 0 spiro atoms. The number of hydrogen-bond acceptors (Lipinski definition) is 2. The molecule has 0 unspecified atom stereocenters. The zero-order valence-corrected chi connectivity index (χ0v) is 18.3. The van der Waals surface area contributed by atoms with Crippen LogP contribution in [0, 0.1) is 0 Å². The van der Waals surface area contributed by atoms with E-state index in [1.54, 1.807) is 0 Å². The summed E-state index contributed by atoms with van der Waals surface area (Å²) >= 11 is 0. The summed E-state index contributed by atoms with van der Waals surface area (Å²) in [6, 6.07) is 29.3. The van der Waals surface area contributed by atoms with E-state index in [-0.39, 0.29) is 37.7 Å². The summed E-state index contributed by atoms with van der Waals surface area (Å²) in [6.07, 6.45) is 0. The molecule has 0 atom stereocenters. The van der Waals surface area contributed by atoms with Crippen LogP contribution in [0.25, 0.3) is 21.5 Å². The SMILES string of the molecule is C=C(C)[O-].C=C(C)[O-].[Zr+4].c1ccc2[cH-]ccc2c1.c1ccc2[cH-]ccc2c1. The first-order chi connectivity index (χ1) is 12.4. The molecule has 136 valence electrons. The topological polar surface area (TPSA) is 46.1 Å². The number of hydrogen-bond donors (Lipinski definition) is 0. The van der Waals surface area contributed by atoms with Crippen LogP contribution in [0.4, 0.5) is 0 Å². The molecular formula is C24H24O2Zr. The maximum absolute atomic E-state index is 9.33. The fourth-order valence-electron chi connectivity index (χ4n) is 2.14. The number of rotatable bonds is 0. The first kappa shape index (κ1) is 24.6. The predicted octanol–water partition coefficient (Wildman–Crippen LogP) is 4.88. The van der Waals surface area contributed by atoms with Gasteiger partial charge in [-0.05, 0) is 0 Å². The van der Waals surface area contributed by atoms with Crippen LogP contribution in [0.1, 0.15) is 13.8 Å². The van der Waals surface area contributed by atoms with E-state index in [9.17, 15) is 10.2 Å². The molecule has 0 amide bonds. The van der Waals surface area contributed by atoms with E-state index >= 15 is 0 Å². The summed E-state index contributed by atoms with van der Waals surface area (Å²) in [5, 5.41) is 24.0. The molecule has 0 saturated carbocycles. The van der Waals surface area contributed by atoms with Crippen molar-refractivity contribution in [2.24, 2.45) is 0 Å². The second-order valence-electron chi connectivity index (χ2n) is 5.71. The first-order valence-electron chi connectivity index (χ1n) is 8.26. The van der Waals surface area contributed by atoms with Crippen molar-refractivity contribution in [3.8, 4) is 0 Å². The van der Waals surface area contributed by atoms with Gasteiger partial charge in [0.25, 0.3) is 0 Å². The molecule has 27 heavy (non-hydrogen) atoms. The molecule has 0 N–H and O–H groups in total. The van der Waals surface area contributed by atoms with Crippen molar-refractivity contribution in [3.63, 3.8) is 0 Å². The molecule has 0 aliphatic carbocycles. The minimum absolute atomic E-state index is 0. The van der Waals surface area contributed by atoms with Crippen molar-refractivity contribution in [2.45, 2.75) is 13.8 Å². The predicted molar refractivity (Wildman–Crippen MR) is 109 cm³/mol. The van der Waals surface area contributed by atoms with Crippen molar-refractivity contribution in [1.82, 2.24) is 0 Å². The largest absolute Gasteiger partial charge is 4.00 e. The molecule has 4 aromatic carbocycles. The standard InChI is InChI=1S/2C9H7.2C3H6O.Zr/c2*1-2-5-9-7-3-6-8(9)4-1;2*1-3(2)4;/h2*1-7H;2*4H,1H2,2H3;/q2*-1;;;+4/p-2. The van der Waals surface area contributed by atoms with Crippen molar-refractivity contribution in [3.05, 3.63) is 110 Å². The van der Waals surface area contributed by atoms with Gasteiger partial charge in [0, 0.05) is 0 Å². The van der Waals surface area contributed by atoms with Gasteiger partial charge in [-0.3, -0.25) is 0 Å². The van der Waals surface area contributed by atoms with Crippen LogP contribution in [0.3, 0.4) is 0 Å². The molecule has 0 fully saturated rings. The van der Waals surface area contributed by atoms with Gasteiger partial charge >= 0.3 is 26.2 Å². The molecule has 0 aliphatic rings. The third-order valence-electron chi connectivity index (χ3n) is 3.10. The van der Waals surface area contributed by atoms with E-state index in [2.05, 4.69) is 98.1 Å². The number of allylic oxidation sites excluding steroid dienone is 2. The maximum atomic E-state index is 9.33. The molecular weight excluding hydrogens is 411 g/mol. The third kappa shape index (κ3) is 11.0. The van der Waals surface area contributed by atoms with Crippen LogP contribution in [0.2, 0.25) is 0 Å². The smallest absolute Gasteiger partial charge is 0.876 e. The molecule has 2 nitrogen and oxygen atoms in total. The number of fused-ring (bicyclic) bond motifs is 2. The summed E-state index contributed by atoms with van der Waals surface area (Å²) in [7, 11) is 0. The Morgan fingerprint density at radius 3 is 1.26 bits per heavy atom. The van der Waals surface area contributed by atoms with Gasteiger partial charge in [0.2, 0.25) is 0 Å². The minimum atomic E-state index is -0.0833. The van der Waals surface area contributed by atoms with E-state index in [0.717, 1.165) is 0 Å². The molecule has 4 rings (SSSR count). The van der Waals surface area contributed by atoms with Crippen LogP contribution < -0.4 is 10.2 Å². The van der Waals surface area contributed by atoms with Crippen molar-refractivity contribution in [2.75, 3.05) is 0 Å². The van der Waals surface area contributed by atoms with Gasteiger partial charge in [0.15, 0.2) is 0 Å². The van der Waals surface area contributed by atoms with Crippen LogP contribution in [-0.2, 0) is 26.2 Å². The Morgan fingerprint density at radius 1 is 0.667 bits per heavy atom. The Hall–Kier alpha value is -2.38. The normalized spacial score (nSPS) is 8.67. The Bertz CT molecular complexity index is 785. The van der Waals surface area contributed by atoms with E-state index in [1.807, 2.05) is 0 Å². The zero-order chi connectivity index (χ0) is 19.4. The van der Waals surface area contributed by atoms with Crippen molar-refractivity contribution < 1.29 is 36.4 Å². The van der Waals surface area contributed by atoms with E-state index in [0.29, 0.717) is 0 Å². The Labute approximate surface area is 180 Å². The Balaban J connectivity index is 0.000000357. The zero-order valence-electron chi connectivity index (χ0n) is 15.8. The van der Waals surface area contributed by atoms with Crippen LogP contribution in [-0.4, -0.2) is 0 Å². The van der Waals surface area contributed by atoms with Crippen LogP contribution in [0.5, 0.6) is 0 Å². The van der Waals surface area contributed by atoms with E-state index in [1.165, 1.54) is 35.4 Å². The Morgan fingerprint density at radius 2 is 0.963 bits per heavy atom. The van der Waals surface area contributed by atoms with Gasteiger partial charge in [0.1, 0.15) is 0 Å². The van der Waals surface area contributed by atoms with Gasteiger partial charge in [-0.15, -0.1) is 84.0 Å². The van der Waals surface area contributed by atoms with Gasteiger partial charge < -0.3 is 10.2 Å². The van der Waals surface area contributed by atoms with Crippen molar-refractivity contribution in [1.29, 1.82) is 0 Å². The monoisotopic (exact) mass is 434 g/mol. The molecule has 4 aromatic rings. The second-order valence-corrected chi connectivity index (χ2v) is 5.71. The molecule has 0 aliphatic heterocycles. The van der Waals surface area contributed by atoms with Gasteiger partial charge in [-0.1, -0.05) is 26.0 Å². The molecule has 3 heteroatoms. The fraction of sp³-hybridized carbons (Fsp3) is 0.0833. The van der Waals surface area contributed by atoms with Gasteiger partial charge in [-0.2, -0.15) is 35.0 Å². The number of benzene rings is 2. The maximum Gasteiger partial charge on any atom is 4.00 e. The summed E-state index contributed by atoms with van der Waals surface area (Å²) in [4.78, 5) is 0. The molecule has 0 bridgehead atoms. The fourth-order valence-corrected chi connectivity index (χ4v) is 2.14. The molecule has 0 aromatic heterocycles. The van der Waals surface area contributed by atoms with Gasteiger partial charge in [-0.25, -0.2) is 0 Å². The quantitative estimate of drug-likeness (QED) is 0.292. The average molecular weight is 436 g/mol. The average Bonchev–Trinajstić information content (AvgIpc) is 3.23.